The van der Waals surface area contributed by atoms with Gasteiger partial charge in [-0.05, 0) is 23.6 Å². The maximum Gasteiger partial charge on any atom is 0.323 e. The van der Waals surface area contributed by atoms with E-state index >= 15 is 0 Å². The Bertz CT molecular complexity index is 282. The lowest BCUT2D eigenvalue weighted by Gasteiger charge is -2.03. The van der Waals surface area contributed by atoms with Crippen LogP contribution in [-0.2, 0) is 0 Å². The van der Waals surface area contributed by atoms with E-state index in [1.54, 1.807) is 0 Å². The molecule has 0 fully saturated rings. The van der Waals surface area contributed by atoms with Gasteiger partial charge in [0.05, 0.1) is 12.0 Å². The Balaban J connectivity index is 2.87. The minimum atomic E-state index is 0.468. The molecule has 70 valence electrons. The Hall–Kier alpha value is -1.11. The molecule has 0 aliphatic rings. The number of benzene rings is 1. The lowest BCUT2D eigenvalue weighted by molar-refractivity contribution is 0.664. The fraction of sp³-hybridized carbons (Fsp3) is 0.417. The van der Waals surface area contributed by atoms with Crippen LogP contribution in [0.4, 0.5) is 0 Å². The summed E-state index contributed by atoms with van der Waals surface area (Å²) in [6.45, 7) is 6.28. The highest BCUT2D eigenvalue weighted by Crippen LogP contribution is 2.15. The van der Waals surface area contributed by atoms with Crippen LogP contribution in [0.15, 0.2) is 24.3 Å². The molecule has 1 N–H and O–H groups in total. The van der Waals surface area contributed by atoms with Crippen LogP contribution in [0, 0.1) is 0 Å². The molecule has 0 amide bonds. The van der Waals surface area contributed by atoms with Crippen molar-refractivity contribution in [3.05, 3.63) is 35.4 Å². The molecule has 0 heterocycles. The van der Waals surface area contributed by atoms with Crippen LogP contribution in [-0.4, -0.2) is 10.6 Å². The summed E-state index contributed by atoms with van der Waals surface area (Å²) in [5.74, 6) is 1.02. The molecule has 0 aromatic heterocycles. The molecule has 0 aliphatic carbocycles. The second-order valence-electron chi connectivity index (χ2n) is 3.58. The number of carbonyl (C=O) groups excluding carboxylic acids is 1. The van der Waals surface area contributed by atoms with E-state index in [-0.39, 0.29) is 0 Å². The van der Waals surface area contributed by atoms with Crippen LogP contribution in [0.3, 0.4) is 0 Å². The molecule has 0 bridgehead atoms. The van der Waals surface area contributed by atoms with E-state index in [0.717, 1.165) is 5.56 Å². The molecule has 0 unspecified atom stereocenters. The van der Waals surface area contributed by atoms with Gasteiger partial charge in [-0.1, -0.05) is 32.9 Å². The number of hydrogen-bond acceptors (Lipinski definition) is 0. The summed E-state index contributed by atoms with van der Waals surface area (Å²) in [5, 5.41) is 0. The second kappa shape index (κ2) is 4.22. The van der Waals surface area contributed by atoms with Crippen LogP contribution in [0.2, 0.25) is 0 Å². The molecule has 0 saturated heterocycles. The molecule has 1 aromatic rings. The van der Waals surface area contributed by atoms with Gasteiger partial charge in [-0.3, -0.25) is 4.79 Å². The van der Waals surface area contributed by atoms with Gasteiger partial charge in [-0.15, -0.1) is 0 Å². The molecule has 13 heavy (non-hydrogen) atoms. The predicted molar refractivity (Wildman–Crippen MR) is 56.9 cm³/mol. The summed E-state index contributed by atoms with van der Waals surface area (Å²) in [6, 6.07) is 8.11. The van der Waals surface area contributed by atoms with Crippen LogP contribution < -0.4 is 0 Å². The summed E-state index contributed by atoms with van der Waals surface area (Å²) in [4.78, 5) is 9.48. The molecule has 1 aromatic carbocycles. The Labute approximate surface area is 79.8 Å². The van der Waals surface area contributed by atoms with Crippen LogP contribution >= 0.6 is 0 Å². The second-order valence-corrected chi connectivity index (χ2v) is 3.58. The van der Waals surface area contributed by atoms with Crippen molar-refractivity contribution in [1.82, 2.24) is 0 Å². The molecule has 1 nitrogen and oxygen atoms in total. The first-order valence-electron chi connectivity index (χ1n) is 4.80. The molecular formula is C12H17O+. The highest BCUT2D eigenvalue weighted by molar-refractivity contribution is 5.96. The highest BCUT2D eigenvalue weighted by atomic mass is 16.1. The van der Waals surface area contributed by atoms with Gasteiger partial charge in [0, 0.05) is 0 Å². The average Bonchev–Trinajstić information content (AvgIpc) is 2.17. The normalized spacial score (nSPS) is 10.5. The van der Waals surface area contributed by atoms with E-state index in [2.05, 4.69) is 26.0 Å². The summed E-state index contributed by atoms with van der Waals surface area (Å²) in [6.07, 6.45) is 0.695. The monoisotopic (exact) mass is 177 g/mol. The van der Waals surface area contributed by atoms with E-state index in [0.29, 0.717) is 18.1 Å². The van der Waals surface area contributed by atoms with Gasteiger partial charge in [0.25, 0.3) is 0 Å². The Morgan fingerprint density at radius 3 is 2.15 bits per heavy atom. The smallest absolute Gasteiger partial charge is 0.278 e. The van der Waals surface area contributed by atoms with Crippen molar-refractivity contribution in [2.45, 2.75) is 33.1 Å². The molecular weight excluding hydrogens is 160 g/mol. The summed E-state index contributed by atoms with van der Waals surface area (Å²) in [7, 11) is 0. The van der Waals surface area contributed by atoms with Crippen molar-refractivity contribution in [2.75, 3.05) is 0 Å². The van der Waals surface area contributed by atoms with Crippen molar-refractivity contribution in [3.8, 4) is 0 Å². The van der Waals surface area contributed by atoms with Crippen molar-refractivity contribution in [3.63, 3.8) is 0 Å². The summed E-state index contributed by atoms with van der Waals surface area (Å²) < 4.78 is 0. The largest absolute Gasteiger partial charge is 0.323 e. The summed E-state index contributed by atoms with van der Waals surface area (Å²) >= 11 is 0. The Morgan fingerprint density at radius 2 is 1.77 bits per heavy atom. The zero-order valence-corrected chi connectivity index (χ0v) is 8.54. The topological polar surface area (TPSA) is 21.4 Å². The molecule has 0 aliphatic heterocycles. The Morgan fingerprint density at radius 1 is 1.23 bits per heavy atom. The fourth-order valence-electron chi connectivity index (χ4n) is 1.26. The van der Waals surface area contributed by atoms with Gasteiger partial charge in [0.15, 0.2) is 0 Å². The molecule has 0 radical (unpaired) electrons. The fourth-order valence-corrected chi connectivity index (χ4v) is 1.26. The molecule has 0 saturated carbocycles. The van der Waals surface area contributed by atoms with Gasteiger partial charge in [-0.25, -0.2) is 0 Å². The van der Waals surface area contributed by atoms with Crippen molar-refractivity contribution < 1.29 is 4.79 Å². The lowest BCUT2D eigenvalue weighted by Crippen LogP contribution is -1.98. The number of ketones is 1. The third-order valence-electron chi connectivity index (χ3n) is 2.25. The first kappa shape index (κ1) is 9.97. The van der Waals surface area contributed by atoms with E-state index in [1.165, 1.54) is 5.56 Å². The average molecular weight is 177 g/mol. The van der Waals surface area contributed by atoms with Gasteiger partial charge < -0.3 is 0 Å². The molecule has 0 atom stereocenters. The number of hydrogen-bond donors (Lipinski definition) is 0. The first-order chi connectivity index (χ1) is 6.15. The third-order valence-corrected chi connectivity index (χ3v) is 2.25. The van der Waals surface area contributed by atoms with Gasteiger partial charge in [0.1, 0.15) is 0 Å². The van der Waals surface area contributed by atoms with Crippen LogP contribution in [0.25, 0.3) is 0 Å². The van der Waals surface area contributed by atoms with E-state index in [4.69, 9.17) is 0 Å². The van der Waals surface area contributed by atoms with Gasteiger partial charge >= 0.3 is 5.78 Å². The Kier molecular flexibility index (Phi) is 3.24. The maximum absolute atomic E-state index is 9.48. The number of rotatable bonds is 3. The van der Waals surface area contributed by atoms with Crippen molar-refractivity contribution in [1.29, 1.82) is 0 Å². The van der Waals surface area contributed by atoms with Crippen LogP contribution in [0.1, 0.15) is 44.2 Å². The first-order valence-corrected chi connectivity index (χ1v) is 4.80. The molecule has 0 spiro atoms. The predicted octanol–water partition coefficient (Wildman–Crippen LogP) is 3.11. The zero-order valence-electron chi connectivity index (χ0n) is 8.54. The zero-order chi connectivity index (χ0) is 9.84. The maximum atomic E-state index is 9.48. The van der Waals surface area contributed by atoms with E-state index < -0.39 is 0 Å². The lowest BCUT2D eigenvalue weighted by atomic mass is 10.00. The van der Waals surface area contributed by atoms with E-state index in [1.807, 2.05) is 19.1 Å². The van der Waals surface area contributed by atoms with Crippen LogP contribution in [0.5, 0.6) is 0 Å². The quantitative estimate of drug-likeness (QED) is 0.500. The minimum Gasteiger partial charge on any atom is -0.278 e. The van der Waals surface area contributed by atoms with Crippen molar-refractivity contribution in [2.24, 2.45) is 0 Å². The third kappa shape index (κ3) is 2.41. The van der Waals surface area contributed by atoms with Gasteiger partial charge in [0.2, 0.25) is 0 Å². The minimum absolute atomic E-state index is 0.468. The van der Waals surface area contributed by atoms with Crippen molar-refractivity contribution >= 4 is 5.78 Å². The summed E-state index contributed by atoms with van der Waals surface area (Å²) in [5.41, 5.74) is 2.25. The molecule has 1 heteroatoms. The standard InChI is InChI=1S/C12H16O/c1-4-12(13)11-7-5-10(6-8-11)9(2)3/h5-9H,4H2,1-3H3/p+1. The van der Waals surface area contributed by atoms with Gasteiger partial charge in [-0.2, -0.15) is 0 Å². The molecule has 1 rings (SSSR count). The van der Waals surface area contributed by atoms with E-state index in [9.17, 15) is 4.79 Å². The SMILES string of the molecule is CCC(=[OH+])c1ccc(C(C)C)cc1. The highest BCUT2D eigenvalue weighted by Gasteiger charge is 2.08.